The summed E-state index contributed by atoms with van der Waals surface area (Å²) in [5.74, 6) is 0. The van der Waals surface area contributed by atoms with Crippen molar-refractivity contribution in [3.8, 4) is 0 Å². The van der Waals surface area contributed by atoms with Gasteiger partial charge in [0, 0.05) is 17.7 Å². The van der Waals surface area contributed by atoms with Crippen molar-refractivity contribution in [1.82, 2.24) is 4.98 Å². The lowest BCUT2D eigenvalue weighted by Gasteiger charge is -2.32. The molecule has 1 atom stereocenters. The number of H-pyrrole nitrogens is 1. The highest BCUT2D eigenvalue weighted by Crippen LogP contribution is 2.36. The molecule has 1 fully saturated rings. The fourth-order valence-corrected chi connectivity index (χ4v) is 2.18. The Morgan fingerprint density at radius 3 is 2.35 bits per heavy atom. The predicted octanol–water partition coefficient (Wildman–Crippen LogP) is 0.564. The van der Waals surface area contributed by atoms with E-state index in [9.17, 15) is 4.79 Å². The molecule has 0 radical (unpaired) electrons. The molecule has 20 heavy (non-hydrogen) atoms. The maximum absolute atomic E-state index is 12.0. The summed E-state index contributed by atoms with van der Waals surface area (Å²) in [5.41, 5.74) is 6.18. The minimum Gasteiger partial charge on any atom is -0.399 e. The van der Waals surface area contributed by atoms with Gasteiger partial charge in [-0.15, -0.1) is 0 Å². The van der Waals surface area contributed by atoms with E-state index < -0.39 is 18.3 Å². The number of hydrogen-bond acceptors (Lipinski definition) is 4. The van der Waals surface area contributed by atoms with Gasteiger partial charge >= 0.3 is 7.12 Å². The number of aromatic nitrogens is 1. The summed E-state index contributed by atoms with van der Waals surface area (Å²) < 4.78 is 11.8. The first-order valence-corrected chi connectivity index (χ1v) is 6.95. The molecule has 2 rings (SSSR count). The highest BCUT2D eigenvalue weighted by molar-refractivity contribution is 6.61. The van der Waals surface area contributed by atoms with Gasteiger partial charge in [-0.25, -0.2) is 0 Å². The summed E-state index contributed by atoms with van der Waals surface area (Å²) in [6.07, 6.45) is 2.39. The van der Waals surface area contributed by atoms with Crippen LogP contribution in [0.15, 0.2) is 17.1 Å². The van der Waals surface area contributed by atoms with Crippen LogP contribution in [-0.2, 0) is 15.7 Å². The van der Waals surface area contributed by atoms with E-state index in [0.717, 1.165) is 5.56 Å². The van der Waals surface area contributed by atoms with Crippen molar-refractivity contribution in [2.45, 2.75) is 58.3 Å². The Morgan fingerprint density at radius 2 is 1.85 bits per heavy atom. The van der Waals surface area contributed by atoms with Gasteiger partial charge in [0.05, 0.1) is 11.2 Å². The van der Waals surface area contributed by atoms with Gasteiger partial charge in [-0.2, -0.15) is 0 Å². The molecule has 1 aromatic heterocycles. The van der Waals surface area contributed by atoms with Gasteiger partial charge in [0.25, 0.3) is 0 Å². The van der Waals surface area contributed by atoms with Crippen molar-refractivity contribution in [3.63, 3.8) is 0 Å². The second kappa shape index (κ2) is 5.02. The van der Waals surface area contributed by atoms with Gasteiger partial charge in [0.1, 0.15) is 0 Å². The molecule has 0 amide bonds. The Morgan fingerprint density at radius 1 is 1.30 bits per heavy atom. The molecule has 1 unspecified atom stereocenters. The molecule has 1 aromatic rings. The van der Waals surface area contributed by atoms with Crippen LogP contribution in [0.5, 0.6) is 0 Å². The highest BCUT2D eigenvalue weighted by atomic mass is 16.7. The molecule has 110 valence electrons. The average molecular weight is 278 g/mol. The lowest BCUT2D eigenvalue weighted by molar-refractivity contribution is 0.00578. The van der Waals surface area contributed by atoms with E-state index >= 15 is 0 Å². The van der Waals surface area contributed by atoms with Crippen LogP contribution >= 0.6 is 0 Å². The van der Waals surface area contributed by atoms with Crippen molar-refractivity contribution in [3.05, 3.63) is 28.2 Å². The topological polar surface area (TPSA) is 77.3 Å². The van der Waals surface area contributed by atoms with E-state index in [1.165, 1.54) is 0 Å². The van der Waals surface area contributed by atoms with Gasteiger partial charge in [-0.1, -0.05) is 6.07 Å². The van der Waals surface area contributed by atoms with Crippen molar-refractivity contribution >= 4 is 12.6 Å². The molecule has 1 saturated heterocycles. The predicted molar refractivity (Wildman–Crippen MR) is 80.1 cm³/mol. The number of aromatic amines is 1. The van der Waals surface area contributed by atoms with Crippen LogP contribution in [0.4, 0.5) is 0 Å². The molecule has 0 aromatic carbocycles. The number of rotatable bonds is 3. The highest BCUT2D eigenvalue weighted by Gasteiger charge is 2.52. The molecule has 0 spiro atoms. The van der Waals surface area contributed by atoms with Crippen LogP contribution in [0.25, 0.3) is 0 Å². The van der Waals surface area contributed by atoms with E-state index in [0.29, 0.717) is 11.9 Å². The summed E-state index contributed by atoms with van der Waals surface area (Å²) in [6.45, 7) is 9.79. The van der Waals surface area contributed by atoms with Crippen LogP contribution in [0.1, 0.15) is 40.2 Å². The third kappa shape index (κ3) is 2.82. The normalized spacial score (nSPS) is 22.0. The second-order valence-corrected chi connectivity index (χ2v) is 6.56. The summed E-state index contributed by atoms with van der Waals surface area (Å²) in [5, 5.41) is 0. The van der Waals surface area contributed by atoms with E-state index in [2.05, 4.69) is 4.98 Å². The first-order valence-electron chi connectivity index (χ1n) is 6.95. The first-order chi connectivity index (χ1) is 9.12. The quantitative estimate of drug-likeness (QED) is 0.792. The van der Waals surface area contributed by atoms with E-state index in [-0.39, 0.29) is 11.6 Å². The minimum atomic E-state index is -0.642. The Bertz CT molecular complexity index is 536. The van der Waals surface area contributed by atoms with Gasteiger partial charge in [0.15, 0.2) is 0 Å². The fourth-order valence-electron chi connectivity index (χ4n) is 2.18. The van der Waals surface area contributed by atoms with Crippen LogP contribution in [0, 0.1) is 0 Å². The smallest absolute Gasteiger partial charge is 0.399 e. The maximum Gasteiger partial charge on any atom is 0.500 e. The Hall–Kier alpha value is -1.11. The molecule has 0 saturated carbocycles. The molecule has 0 bridgehead atoms. The molecule has 3 N–H and O–H groups in total. The number of hydrogen-bond donors (Lipinski definition) is 2. The summed E-state index contributed by atoms with van der Waals surface area (Å²) in [7, 11) is -0.642. The Kier molecular flexibility index (Phi) is 3.84. The largest absolute Gasteiger partial charge is 0.500 e. The van der Waals surface area contributed by atoms with E-state index in [1.807, 2.05) is 40.7 Å². The molecule has 1 aliphatic rings. The van der Waals surface area contributed by atoms with Crippen LogP contribution in [0.3, 0.4) is 0 Å². The number of pyridine rings is 1. The summed E-state index contributed by atoms with van der Waals surface area (Å²) in [6, 6.07) is 1.86. The SMILES string of the molecule is CC(N)Cc1c[nH]c(=O)c(B2OC(C)(C)C(C)(C)O2)c1. The lowest BCUT2D eigenvalue weighted by atomic mass is 9.79. The van der Waals surface area contributed by atoms with Crippen molar-refractivity contribution in [2.75, 3.05) is 0 Å². The molecule has 2 heterocycles. The fraction of sp³-hybridized carbons (Fsp3) is 0.643. The number of nitrogens with two attached hydrogens (primary N) is 1. The minimum absolute atomic E-state index is 0.0343. The molecule has 6 heteroatoms. The van der Waals surface area contributed by atoms with Crippen LogP contribution < -0.4 is 16.8 Å². The standard InChI is InChI=1S/C14H23BN2O3/c1-9(16)6-10-7-11(12(18)17-8-10)15-19-13(2,3)14(4,5)20-15/h7-9H,6,16H2,1-5H3,(H,17,18). The zero-order valence-electron chi connectivity index (χ0n) is 12.8. The summed E-state index contributed by atoms with van der Waals surface area (Å²) >= 11 is 0. The van der Waals surface area contributed by atoms with Crippen LogP contribution in [0.2, 0.25) is 0 Å². The first kappa shape index (κ1) is 15.3. The molecule has 1 aliphatic heterocycles. The van der Waals surface area contributed by atoms with E-state index in [1.54, 1.807) is 6.20 Å². The molecular formula is C14H23BN2O3. The van der Waals surface area contributed by atoms with Gasteiger partial charge < -0.3 is 20.0 Å². The zero-order valence-corrected chi connectivity index (χ0v) is 12.8. The van der Waals surface area contributed by atoms with Crippen molar-refractivity contribution < 1.29 is 9.31 Å². The third-order valence-electron chi connectivity index (χ3n) is 4.06. The van der Waals surface area contributed by atoms with E-state index in [4.69, 9.17) is 15.0 Å². The second-order valence-electron chi connectivity index (χ2n) is 6.56. The summed E-state index contributed by atoms with van der Waals surface area (Å²) in [4.78, 5) is 14.8. The molecule has 5 nitrogen and oxygen atoms in total. The maximum atomic E-state index is 12.0. The lowest BCUT2D eigenvalue weighted by Crippen LogP contribution is -2.45. The van der Waals surface area contributed by atoms with Gasteiger partial charge in [-0.05, 0) is 46.6 Å². The third-order valence-corrected chi connectivity index (χ3v) is 4.06. The Balaban J connectivity index is 2.32. The van der Waals surface area contributed by atoms with Gasteiger partial charge in [0.2, 0.25) is 5.56 Å². The molecule has 0 aliphatic carbocycles. The Labute approximate surface area is 120 Å². The molecular weight excluding hydrogens is 255 g/mol. The van der Waals surface area contributed by atoms with Crippen molar-refractivity contribution in [1.29, 1.82) is 0 Å². The van der Waals surface area contributed by atoms with Crippen LogP contribution in [-0.4, -0.2) is 29.3 Å². The zero-order chi connectivity index (χ0) is 15.1. The number of nitrogens with one attached hydrogen (secondary N) is 1. The van der Waals surface area contributed by atoms with Crippen molar-refractivity contribution in [2.24, 2.45) is 5.73 Å². The monoisotopic (exact) mass is 278 g/mol. The van der Waals surface area contributed by atoms with Gasteiger partial charge in [-0.3, -0.25) is 4.79 Å². The average Bonchev–Trinajstić information content (AvgIpc) is 2.50.